The van der Waals surface area contributed by atoms with E-state index in [1.807, 2.05) is 60.7 Å². The van der Waals surface area contributed by atoms with Crippen molar-refractivity contribution in [1.29, 1.82) is 0 Å². The summed E-state index contributed by atoms with van der Waals surface area (Å²) in [6.45, 7) is 18.2. The first-order valence-corrected chi connectivity index (χ1v) is 19.5. The summed E-state index contributed by atoms with van der Waals surface area (Å²) in [5.41, 5.74) is 3.97. The SMILES string of the molecule is CC(=O)O[C@@H]1[C@H](OCc2ccccc2)[C@@H](Sc2ccc(C)cc2)O[C@H](CO[Si](C(C)C)(C(C)C)C(C)C)[C@H]1OCc1ccccc1. The van der Waals surface area contributed by atoms with Gasteiger partial charge < -0.3 is 23.4 Å². The molecule has 6 nitrogen and oxygen atoms in total. The van der Waals surface area contributed by atoms with Crippen LogP contribution in [-0.2, 0) is 41.4 Å². The molecule has 0 N–H and O–H groups in total. The predicted octanol–water partition coefficient (Wildman–Crippen LogP) is 9.11. The maximum atomic E-state index is 12.7. The maximum absolute atomic E-state index is 12.7. The van der Waals surface area contributed by atoms with Gasteiger partial charge in [0.05, 0.1) is 19.8 Å². The van der Waals surface area contributed by atoms with E-state index in [1.54, 1.807) is 11.8 Å². The fourth-order valence-electron chi connectivity index (χ4n) is 6.82. The third kappa shape index (κ3) is 9.33. The molecule has 0 spiro atoms. The summed E-state index contributed by atoms with van der Waals surface area (Å²) in [5.74, 6) is -0.387. The van der Waals surface area contributed by atoms with Gasteiger partial charge in [0.2, 0.25) is 0 Å². The van der Waals surface area contributed by atoms with Crippen LogP contribution in [0.2, 0.25) is 16.6 Å². The zero-order chi connectivity index (χ0) is 33.3. The fraction of sp³-hybridized carbons (Fsp3) is 0.500. The molecule has 1 aliphatic heterocycles. The minimum absolute atomic E-state index is 0.339. The number of thioether (sulfide) groups is 1. The van der Waals surface area contributed by atoms with Gasteiger partial charge in [0.15, 0.2) is 14.4 Å². The monoisotopic (exact) mass is 664 g/mol. The largest absolute Gasteiger partial charge is 0.457 e. The van der Waals surface area contributed by atoms with Gasteiger partial charge in [0.25, 0.3) is 0 Å². The highest BCUT2D eigenvalue weighted by Gasteiger charge is 2.52. The summed E-state index contributed by atoms with van der Waals surface area (Å²) < 4.78 is 33.6. The molecule has 1 heterocycles. The van der Waals surface area contributed by atoms with Crippen molar-refractivity contribution in [3.05, 3.63) is 102 Å². The van der Waals surface area contributed by atoms with Crippen LogP contribution in [0, 0.1) is 6.92 Å². The van der Waals surface area contributed by atoms with Crippen molar-refractivity contribution in [2.24, 2.45) is 0 Å². The number of carbonyl (C=O) groups excluding carboxylic acids is 1. The Morgan fingerprint density at radius 1 is 0.739 bits per heavy atom. The lowest BCUT2D eigenvalue weighted by Crippen LogP contribution is -2.61. The molecule has 3 aromatic carbocycles. The number of carbonyl (C=O) groups is 1. The van der Waals surface area contributed by atoms with Gasteiger partial charge in [0.1, 0.15) is 23.7 Å². The van der Waals surface area contributed by atoms with Crippen molar-refractivity contribution < 1.29 is 28.2 Å². The average molecular weight is 665 g/mol. The highest BCUT2D eigenvalue weighted by molar-refractivity contribution is 7.99. The number of ether oxygens (including phenoxy) is 4. The van der Waals surface area contributed by atoms with Crippen molar-refractivity contribution in [2.75, 3.05) is 6.61 Å². The van der Waals surface area contributed by atoms with Gasteiger partial charge in [-0.3, -0.25) is 4.79 Å². The summed E-state index contributed by atoms with van der Waals surface area (Å²) in [5, 5.41) is 0. The third-order valence-electron chi connectivity index (χ3n) is 8.94. The molecular weight excluding hydrogens is 613 g/mol. The summed E-state index contributed by atoms with van der Waals surface area (Å²) in [7, 11) is -2.24. The average Bonchev–Trinajstić information content (AvgIpc) is 3.02. The molecule has 0 bridgehead atoms. The Hall–Kier alpha value is -2.46. The molecule has 250 valence electrons. The quantitative estimate of drug-likeness (QED) is 0.119. The molecule has 0 aromatic heterocycles. The highest BCUT2D eigenvalue weighted by atomic mass is 32.2. The topological polar surface area (TPSA) is 63.2 Å². The van der Waals surface area contributed by atoms with Gasteiger partial charge in [0, 0.05) is 11.8 Å². The fourth-order valence-corrected chi connectivity index (χ4v) is 13.4. The molecule has 46 heavy (non-hydrogen) atoms. The molecule has 0 saturated carbocycles. The van der Waals surface area contributed by atoms with E-state index < -0.39 is 38.2 Å². The lowest BCUT2D eigenvalue weighted by atomic mass is 9.99. The Labute approximate surface area is 281 Å². The molecule has 4 rings (SSSR count). The molecule has 0 aliphatic carbocycles. The molecular formula is C38H52O6SSi. The Bertz CT molecular complexity index is 1310. The Kier molecular flexibility index (Phi) is 13.5. The van der Waals surface area contributed by atoms with Crippen LogP contribution in [0.25, 0.3) is 0 Å². The van der Waals surface area contributed by atoms with Gasteiger partial charge in [-0.1, -0.05) is 132 Å². The van der Waals surface area contributed by atoms with Crippen molar-refractivity contribution in [2.45, 2.75) is 120 Å². The van der Waals surface area contributed by atoms with Crippen LogP contribution in [0.15, 0.2) is 89.8 Å². The van der Waals surface area contributed by atoms with Crippen molar-refractivity contribution in [3.8, 4) is 0 Å². The van der Waals surface area contributed by atoms with E-state index in [4.69, 9.17) is 23.4 Å². The van der Waals surface area contributed by atoms with Gasteiger partial charge >= 0.3 is 5.97 Å². The number of aryl methyl sites for hydroxylation is 1. The minimum Gasteiger partial charge on any atom is -0.457 e. The number of rotatable bonds is 15. The molecule has 0 amide bonds. The number of hydrogen-bond acceptors (Lipinski definition) is 7. The number of esters is 1. The van der Waals surface area contributed by atoms with Gasteiger partial charge in [-0.25, -0.2) is 0 Å². The van der Waals surface area contributed by atoms with E-state index >= 15 is 0 Å². The third-order valence-corrected chi connectivity index (χ3v) is 16.2. The van der Waals surface area contributed by atoms with Gasteiger partial charge in [-0.05, 0) is 46.8 Å². The lowest BCUT2D eigenvalue weighted by Gasteiger charge is -2.48. The molecule has 1 aliphatic rings. The van der Waals surface area contributed by atoms with E-state index in [-0.39, 0.29) is 5.97 Å². The maximum Gasteiger partial charge on any atom is 0.303 e. The summed E-state index contributed by atoms with van der Waals surface area (Å²) in [6, 6.07) is 28.4. The van der Waals surface area contributed by atoms with Gasteiger partial charge in [-0.15, -0.1) is 0 Å². The second kappa shape index (κ2) is 17.1. The number of benzene rings is 3. The van der Waals surface area contributed by atoms with Crippen LogP contribution in [0.1, 0.15) is 65.2 Å². The molecule has 3 aromatic rings. The highest BCUT2D eigenvalue weighted by Crippen LogP contribution is 2.44. The van der Waals surface area contributed by atoms with Gasteiger partial charge in [-0.2, -0.15) is 0 Å². The van der Waals surface area contributed by atoms with E-state index in [0.29, 0.717) is 36.4 Å². The second-order valence-corrected chi connectivity index (χ2v) is 19.8. The predicted molar refractivity (Wildman–Crippen MR) is 188 cm³/mol. The van der Waals surface area contributed by atoms with E-state index in [1.165, 1.54) is 12.5 Å². The zero-order valence-electron chi connectivity index (χ0n) is 28.7. The Balaban J connectivity index is 1.73. The van der Waals surface area contributed by atoms with E-state index in [0.717, 1.165) is 16.0 Å². The van der Waals surface area contributed by atoms with E-state index in [9.17, 15) is 4.79 Å². The van der Waals surface area contributed by atoms with Crippen LogP contribution in [-0.4, -0.2) is 50.7 Å². The molecule has 5 atom stereocenters. The van der Waals surface area contributed by atoms with Crippen LogP contribution >= 0.6 is 11.8 Å². The van der Waals surface area contributed by atoms with Crippen LogP contribution in [0.3, 0.4) is 0 Å². The first kappa shape index (κ1) is 36.4. The van der Waals surface area contributed by atoms with Crippen molar-refractivity contribution in [1.82, 2.24) is 0 Å². The summed E-state index contributed by atoms with van der Waals surface area (Å²) >= 11 is 1.58. The lowest BCUT2D eigenvalue weighted by molar-refractivity contribution is -0.244. The summed E-state index contributed by atoms with van der Waals surface area (Å²) in [6.07, 6.45) is -2.42. The Morgan fingerprint density at radius 3 is 1.72 bits per heavy atom. The van der Waals surface area contributed by atoms with Crippen molar-refractivity contribution in [3.63, 3.8) is 0 Å². The van der Waals surface area contributed by atoms with E-state index in [2.05, 4.69) is 72.7 Å². The second-order valence-electron chi connectivity index (χ2n) is 13.2. The standard InChI is InChI=1S/C38H52O6SSi/c1-26(2)46(27(3)4,28(5)6)42-25-34-35(40-23-31-15-11-9-12-16-31)36(43-30(8)39)37(41-24-32-17-13-10-14-18-32)38(44-34)45-33-21-19-29(7)20-22-33/h9-22,26-28,34-38H,23-25H2,1-8H3/t34-,35-,36+,37+,38-/m1/s1. The molecule has 1 fully saturated rings. The number of hydrogen-bond donors (Lipinski definition) is 0. The minimum atomic E-state index is -2.24. The molecule has 1 saturated heterocycles. The Morgan fingerprint density at radius 2 is 1.24 bits per heavy atom. The normalized spacial score (nSPS) is 22.0. The molecule has 0 radical (unpaired) electrons. The first-order chi connectivity index (χ1) is 22.0. The van der Waals surface area contributed by atoms with Crippen molar-refractivity contribution >= 4 is 26.0 Å². The first-order valence-electron chi connectivity index (χ1n) is 16.5. The van der Waals surface area contributed by atoms with Crippen LogP contribution in [0.4, 0.5) is 0 Å². The molecule has 0 unspecified atom stereocenters. The zero-order valence-corrected chi connectivity index (χ0v) is 30.5. The smallest absolute Gasteiger partial charge is 0.303 e. The molecule has 8 heteroatoms. The van der Waals surface area contributed by atoms with Crippen LogP contribution < -0.4 is 0 Å². The van der Waals surface area contributed by atoms with Crippen LogP contribution in [0.5, 0.6) is 0 Å². The summed E-state index contributed by atoms with van der Waals surface area (Å²) in [4.78, 5) is 13.8.